The van der Waals surface area contributed by atoms with Gasteiger partial charge < -0.3 is 42.6 Å². The van der Waals surface area contributed by atoms with Crippen LogP contribution in [0.5, 0.6) is 51.7 Å². The van der Waals surface area contributed by atoms with E-state index in [-0.39, 0.29) is 55.0 Å². The number of halogens is 3. The molecule has 4 rings (SSSR count). The van der Waals surface area contributed by atoms with Gasteiger partial charge in [0.1, 0.15) is 5.82 Å². The fourth-order valence-corrected chi connectivity index (χ4v) is 5.46. The molecule has 13 nitrogen and oxygen atoms in total. The molecule has 4 aromatic rings. The van der Waals surface area contributed by atoms with Gasteiger partial charge in [-0.25, -0.2) is 4.39 Å². The molecule has 0 aliphatic heterocycles. The summed E-state index contributed by atoms with van der Waals surface area (Å²) >= 11 is 15.0. The zero-order chi connectivity index (χ0) is 42.7. The van der Waals surface area contributed by atoms with Crippen LogP contribution in [0.3, 0.4) is 0 Å². The van der Waals surface area contributed by atoms with Crippen LogP contribution in [0.4, 0.5) is 4.39 Å². The van der Waals surface area contributed by atoms with Crippen molar-refractivity contribution in [3.63, 3.8) is 0 Å². The zero-order valence-corrected chi connectivity index (χ0v) is 37.7. The average molecular weight is 990 g/mol. The molecule has 0 saturated heterocycles. The molecule has 0 heterocycles. The van der Waals surface area contributed by atoms with Crippen molar-refractivity contribution in [2.24, 2.45) is 4.99 Å². The van der Waals surface area contributed by atoms with E-state index >= 15 is 0 Å². The molecule has 59 heavy (non-hydrogen) atoms. The lowest BCUT2D eigenvalue weighted by atomic mass is 10.0. The molecule has 0 unspecified atom stereocenters. The van der Waals surface area contributed by atoms with E-state index in [2.05, 4.69) is 17.2 Å². The molecule has 0 N–H and O–H groups in total. The van der Waals surface area contributed by atoms with Crippen molar-refractivity contribution >= 4 is 87.0 Å². The van der Waals surface area contributed by atoms with Crippen molar-refractivity contribution in [2.75, 3.05) is 64.0 Å². The second kappa shape index (κ2) is 27.6. The smallest absolute Gasteiger partial charge is 0.286 e. The van der Waals surface area contributed by atoms with Crippen LogP contribution in [0.2, 0.25) is 0 Å². The SMILES string of the molecule is C.COc1cc(C(=O)CC(=S)Cc2cccc(F)c2)cc(OC)c1OC.COc1cc(C(=O)Cl)cc(OC)c1OC.COc1cc(C(=O)N=C=S)cc(OC)c1OC.I. The van der Waals surface area contributed by atoms with E-state index < -0.39 is 11.1 Å². The molecule has 0 fully saturated rings. The van der Waals surface area contributed by atoms with E-state index in [0.29, 0.717) is 74.2 Å². The fourth-order valence-electron chi connectivity index (χ4n) is 4.97. The van der Waals surface area contributed by atoms with E-state index in [1.807, 2.05) is 5.16 Å². The van der Waals surface area contributed by atoms with Gasteiger partial charge in [0, 0.05) is 28.8 Å². The van der Waals surface area contributed by atoms with Crippen molar-refractivity contribution in [3.05, 3.63) is 88.7 Å². The number of amides is 1. The summed E-state index contributed by atoms with van der Waals surface area (Å²) in [5.74, 6) is 2.65. The van der Waals surface area contributed by atoms with Crippen LogP contribution >= 0.6 is 60.0 Å². The second-order valence-electron chi connectivity index (χ2n) is 11.0. The molecule has 0 aliphatic rings. The van der Waals surface area contributed by atoms with Crippen molar-refractivity contribution in [1.82, 2.24) is 0 Å². The van der Waals surface area contributed by atoms with Gasteiger partial charge in [0.25, 0.3) is 11.1 Å². The van der Waals surface area contributed by atoms with E-state index in [9.17, 15) is 18.8 Å². The number of carbonyl (C=O) groups is 3. The van der Waals surface area contributed by atoms with Crippen LogP contribution in [0, 0.1) is 5.82 Å². The number of benzene rings is 4. The Morgan fingerprint density at radius 2 is 1.00 bits per heavy atom. The molecule has 0 spiro atoms. The van der Waals surface area contributed by atoms with Gasteiger partial charge in [-0.05, 0) is 77.9 Å². The summed E-state index contributed by atoms with van der Waals surface area (Å²) in [6.45, 7) is 0. The van der Waals surface area contributed by atoms with Crippen LogP contribution in [-0.2, 0) is 6.42 Å². The van der Waals surface area contributed by atoms with Crippen molar-refractivity contribution in [3.8, 4) is 51.7 Å². The number of isothiocyanates is 1. The molecule has 320 valence electrons. The van der Waals surface area contributed by atoms with Crippen LogP contribution in [-0.4, -0.2) is 90.9 Å². The molecule has 18 heteroatoms. The molecule has 0 aromatic heterocycles. The second-order valence-corrected chi connectivity index (χ2v) is 12.1. The highest BCUT2D eigenvalue weighted by Gasteiger charge is 2.19. The first kappa shape index (κ1) is 53.9. The minimum absolute atomic E-state index is 0. The van der Waals surface area contributed by atoms with Crippen molar-refractivity contribution in [1.29, 1.82) is 0 Å². The summed E-state index contributed by atoms with van der Waals surface area (Å²) in [6.07, 6.45) is 0.438. The minimum Gasteiger partial charge on any atom is -0.493 e. The molecule has 1 amide bonds. The Labute approximate surface area is 376 Å². The molecular formula is C41H46ClFINO12S2. The number of rotatable bonds is 16. The number of carbonyl (C=O) groups excluding carboxylic acids is 3. The van der Waals surface area contributed by atoms with E-state index in [1.165, 1.54) is 100 Å². The number of aliphatic imine (C=N–C) groups is 1. The number of nitrogens with zero attached hydrogens (tertiary/aromatic N) is 1. The van der Waals surface area contributed by atoms with Crippen LogP contribution < -0.4 is 42.6 Å². The molecule has 0 radical (unpaired) electrons. The number of ether oxygens (including phenoxy) is 9. The largest absolute Gasteiger partial charge is 0.493 e. The van der Waals surface area contributed by atoms with Gasteiger partial charge in [-0.2, -0.15) is 4.99 Å². The number of hydrogen-bond donors (Lipinski definition) is 0. The first-order valence-corrected chi connectivity index (χ1v) is 17.5. The summed E-state index contributed by atoms with van der Waals surface area (Å²) in [4.78, 5) is 39.0. The van der Waals surface area contributed by atoms with Crippen LogP contribution in [0.1, 0.15) is 50.5 Å². The maximum atomic E-state index is 13.2. The van der Waals surface area contributed by atoms with Gasteiger partial charge in [-0.1, -0.05) is 31.8 Å². The van der Waals surface area contributed by atoms with Crippen molar-refractivity contribution < 1.29 is 61.4 Å². The lowest BCUT2D eigenvalue weighted by Crippen LogP contribution is -2.10. The quantitative estimate of drug-likeness (QED) is 0.0345. The summed E-state index contributed by atoms with van der Waals surface area (Å²) in [5, 5.41) is 1.44. The van der Waals surface area contributed by atoms with Crippen LogP contribution in [0.15, 0.2) is 65.7 Å². The first-order chi connectivity index (χ1) is 27.3. The summed E-state index contributed by atoms with van der Waals surface area (Å²) in [6, 6.07) is 15.4. The van der Waals surface area contributed by atoms with E-state index in [0.717, 1.165) is 5.56 Å². The molecular weight excluding hydrogens is 944 g/mol. The Hall–Kier alpha value is -5.07. The normalized spacial score (nSPS) is 9.41. The topological polar surface area (TPSA) is 147 Å². The monoisotopic (exact) mass is 989 g/mol. The third kappa shape index (κ3) is 15.6. The summed E-state index contributed by atoms with van der Waals surface area (Å²) < 4.78 is 59.5. The molecule has 0 aliphatic carbocycles. The fraction of sp³-hybridized carbons (Fsp3) is 0.293. The number of methoxy groups -OCH3 is 9. The Morgan fingerprint density at radius 3 is 1.32 bits per heavy atom. The standard InChI is InChI=1S/C19H19FO4S.C11H11NO4S.C10H11ClO4.CH4.HI/c1-22-17-9-13(10-18(23-2)19(17)24-3)16(21)11-15(25)8-12-5-4-6-14(20)7-12;1-14-8-4-7(11(13)12-6-17)5-9(15-2)10(8)16-3;1-13-7-4-6(10(11)12)5-8(14-2)9(7)15-3;;/h4-7,9-10H,8,11H2,1-3H3;4-5H,1-3H3;4-5H,1-3H3;1H4;1H. The summed E-state index contributed by atoms with van der Waals surface area (Å²) in [5.41, 5.74) is 1.74. The Kier molecular flexibility index (Phi) is 25.2. The average Bonchev–Trinajstić information content (AvgIpc) is 3.22. The zero-order valence-electron chi connectivity index (χ0n) is 33.0. The van der Waals surface area contributed by atoms with Crippen molar-refractivity contribution in [2.45, 2.75) is 20.3 Å². The molecule has 4 aromatic carbocycles. The maximum Gasteiger partial charge on any atom is 0.286 e. The lowest BCUT2D eigenvalue weighted by Gasteiger charge is -2.13. The van der Waals surface area contributed by atoms with E-state index in [4.69, 9.17) is 66.5 Å². The molecule has 0 atom stereocenters. The Balaban J connectivity index is 0.000000876. The predicted octanol–water partition coefficient (Wildman–Crippen LogP) is 9.34. The Morgan fingerprint density at radius 1 is 0.627 bits per heavy atom. The highest BCUT2D eigenvalue weighted by Crippen LogP contribution is 2.40. The highest BCUT2D eigenvalue weighted by molar-refractivity contribution is 14.0. The number of Topliss-reactive ketones (excluding diaryl/α,β-unsaturated/α-hetero) is 1. The third-order valence-corrected chi connectivity index (χ3v) is 8.18. The maximum absolute atomic E-state index is 13.2. The number of hydrogen-bond acceptors (Lipinski definition) is 14. The first-order valence-electron chi connectivity index (χ1n) is 16.3. The van der Waals surface area contributed by atoms with Gasteiger partial charge >= 0.3 is 0 Å². The molecule has 0 bridgehead atoms. The number of ketones is 1. The van der Waals surface area contributed by atoms with Gasteiger partial charge in [0.2, 0.25) is 17.2 Å². The molecule has 0 saturated carbocycles. The van der Waals surface area contributed by atoms with E-state index in [1.54, 1.807) is 24.3 Å². The lowest BCUT2D eigenvalue weighted by molar-refractivity contribution is 0.0993. The van der Waals surface area contributed by atoms with Crippen LogP contribution in [0.25, 0.3) is 0 Å². The number of thiocarbonyl (C=S) groups is 2. The Bertz CT molecular complexity index is 2040. The minimum atomic E-state index is -0.575. The third-order valence-electron chi connectivity index (χ3n) is 7.59. The van der Waals surface area contributed by atoms with Gasteiger partial charge in [0.15, 0.2) is 40.3 Å². The van der Waals surface area contributed by atoms with Gasteiger partial charge in [-0.3, -0.25) is 14.4 Å². The predicted molar refractivity (Wildman–Crippen MR) is 242 cm³/mol. The summed E-state index contributed by atoms with van der Waals surface area (Å²) in [7, 11) is 13.3. The highest BCUT2D eigenvalue weighted by atomic mass is 127. The van der Waals surface area contributed by atoms with Gasteiger partial charge in [0.05, 0.1) is 74.7 Å². The van der Waals surface area contributed by atoms with Gasteiger partial charge in [-0.15, -0.1) is 24.0 Å².